The SMILES string of the molecule is CC(=O)O[C@@H]1CCC[C@H]1C(C#N)(c1ccccc1)C1CCN(CC2CN(c3ccc(S(=O)(=O)C4CC4)cc3)C2)CC1. The van der Waals surface area contributed by atoms with Gasteiger partial charge in [0.1, 0.15) is 6.10 Å². The summed E-state index contributed by atoms with van der Waals surface area (Å²) in [5, 5.41) is 10.7. The summed E-state index contributed by atoms with van der Waals surface area (Å²) in [7, 11) is -3.14. The number of carbonyl (C=O) groups excluding carboxylic acids is 1. The molecule has 2 aliphatic heterocycles. The van der Waals surface area contributed by atoms with Crippen molar-refractivity contribution in [1.82, 2.24) is 4.90 Å². The molecule has 2 heterocycles. The molecule has 41 heavy (non-hydrogen) atoms. The Bertz CT molecular complexity index is 1370. The maximum atomic E-state index is 12.5. The standard InChI is InChI=1S/C33H41N3O4S/c1-24(37)40-32-9-5-8-31(32)33(23-34,26-6-3-2-4-7-26)27-16-18-35(19-17-27)20-25-21-36(22-25)28-10-12-29(13-11-28)41(38,39)30-14-15-30/h2-4,6-7,10-13,25,27,30-32H,5,8-9,14-22H2,1H3/t31-,32-,33?/m1/s1. The van der Waals surface area contributed by atoms with Gasteiger partial charge in [-0.05, 0) is 93.8 Å². The minimum absolute atomic E-state index is 0.0150. The van der Waals surface area contributed by atoms with Crippen LogP contribution in [0.15, 0.2) is 59.5 Å². The van der Waals surface area contributed by atoms with Crippen LogP contribution in [0.2, 0.25) is 0 Å². The van der Waals surface area contributed by atoms with Crippen molar-refractivity contribution in [1.29, 1.82) is 5.26 Å². The van der Waals surface area contributed by atoms with Crippen LogP contribution >= 0.6 is 0 Å². The van der Waals surface area contributed by atoms with E-state index in [0.717, 1.165) is 88.9 Å². The van der Waals surface area contributed by atoms with E-state index in [-0.39, 0.29) is 29.2 Å². The highest BCUT2D eigenvalue weighted by Crippen LogP contribution is 2.51. The van der Waals surface area contributed by atoms with Crippen LogP contribution in [0.25, 0.3) is 0 Å². The van der Waals surface area contributed by atoms with Crippen LogP contribution < -0.4 is 4.90 Å². The number of hydrogen-bond donors (Lipinski definition) is 0. The summed E-state index contributed by atoms with van der Waals surface area (Å²) in [5.41, 5.74) is 1.50. The Hall–Kier alpha value is -2.89. The molecular weight excluding hydrogens is 534 g/mol. The van der Waals surface area contributed by atoms with Gasteiger partial charge >= 0.3 is 5.97 Å². The molecule has 4 fully saturated rings. The van der Waals surface area contributed by atoms with Crippen LogP contribution in [0.5, 0.6) is 0 Å². The van der Waals surface area contributed by atoms with Gasteiger partial charge in [0.25, 0.3) is 0 Å². The molecule has 2 aromatic rings. The fourth-order valence-electron chi connectivity index (χ4n) is 7.76. The summed E-state index contributed by atoms with van der Waals surface area (Å²) in [6.45, 7) is 6.41. The fourth-order valence-corrected chi connectivity index (χ4v) is 9.41. The van der Waals surface area contributed by atoms with Crippen molar-refractivity contribution in [3.63, 3.8) is 0 Å². The highest BCUT2D eigenvalue weighted by Gasteiger charge is 2.53. The van der Waals surface area contributed by atoms with Crippen LogP contribution in [0.4, 0.5) is 5.69 Å². The molecular formula is C33H41N3O4S. The molecule has 0 radical (unpaired) electrons. The maximum Gasteiger partial charge on any atom is 0.302 e. The lowest BCUT2D eigenvalue weighted by molar-refractivity contribution is -0.149. The van der Waals surface area contributed by atoms with Gasteiger partial charge in [-0.25, -0.2) is 8.42 Å². The zero-order valence-electron chi connectivity index (χ0n) is 24.0. The number of esters is 1. The maximum absolute atomic E-state index is 12.5. The average molecular weight is 576 g/mol. The molecule has 7 nitrogen and oxygen atoms in total. The molecule has 6 rings (SSSR count). The minimum atomic E-state index is -3.14. The molecule has 2 aromatic carbocycles. The van der Waals surface area contributed by atoms with Gasteiger partial charge < -0.3 is 14.5 Å². The Kier molecular flexibility index (Phi) is 7.86. The van der Waals surface area contributed by atoms with Crippen molar-refractivity contribution in [3.8, 4) is 6.07 Å². The third-order valence-corrected chi connectivity index (χ3v) is 12.3. The number of rotatable bonds is 9. The van der Waals surface area contributed by atoms with E-state index in [2.05, 4.69) is 28.0 Å². The molecule has 8 heteroatoms. The Morgan fingerprint density at radius 3 is 2.27 bits per heavy atom. The number of carbonyl (C=O) groups is 1. The first-order valence-corrected chi connectivity index (χ1v) is 16.8. The van der Waals surface area contributed by atoms with Crippen LogP contribution in [-0.4, -0.2) is 63.4 Å². The molecule has 0 bridgehead atoms. The first kappa shape index (κ1) is 28.2. The Balaban J connectivity index is 1.07. The monoisotopic (exact) mass is 575 g/mol. The summed E-state index contributed by atoms with van der Waals surface area (Å²) in [4.78, 5) is 17.2. The van der Waals surface area contributed by atoms with Crippen molar-refractivity contribution in [3.05, 3.63) is 60.2 Å². The van der Waals surface area contributed by atoms with E-state index >= 15 is 0 Å². The normalized spacial score (nSPS) is 25.7. The highest BCUT2D eigenvalue weighted by atomic mass is 32.2. The quantitative estimate of drug-likeness (QED) is 0.390. The molecule has 2 aliphatic carbocycles. The van der Waals surface area contributed by atoms with Gasteiger partial charge in [-0.15, -0.1) is 0 Å². The molecule has 0 amide bonds. The predicted octanol–water partition coefficient (Wildman–Crippen LogP) is 4.96. The third-order valence-electron chi connectivity index (χ3n) is 9.99. The van der Waals surface area contributed by atoms with E-state index in [9.17, 15) is 18.5 Å². The van der Waals surface area contributed by atoms with E-state index in [0.29, 0.717) is 10.8 Å². The van der Waals surface area contributed by atoms with Crippen molar-refractivity contribution in [2.24, 2.45) is 17.8 Å². The first-order valence-electron chi connectivity index (χ1n) is 15.3. The minimum Gasteiger partial charge on any atom is -0.462 e. The number of hydrogen-bond acceptors (Lipinski definition) is 7. The van der Waals surface area contributed by atoms with Gasteiger partial charge in [-0.1, -0.05) is 30.3 Å². The third kappa shape index (κ3) is 5.51. The lowest BCUT2D eigenvalue weighted by atomic mass is 9.59. The molecule has 4 aliphatic rings. The van der Waals surface area contributed by atoms with E-state index in [1.807, 2.05) is 30.3 Å². The van der Waals surface area contributed by atoms with Crippen LogP contribution in [0.1, 0.15) is 57.4 Å². The van der Waals surface area contributed by atoms with Crippen LogP contribution in [-0.2, 0) is 24.8 Å². The Morgan fingerprint density at radius 2 is 1.66 bits per heavy atom. The summed E-state index contributed by atoms with van der Waals surface area (Å²) >= 11 is 0. The number of nitriles is 1. The number of nitrogens with zero attached hydrogens (tertiary/aromatic N) is 3. The fraction of sp³-hybridized carbons (Fsp3) is 0.576. The largest absolute Gasteiger partial charge is 0.462 e. The number of piperidine rings is 1. The number of benzene rings is 2. The van der Waals surface area contributed by atoms with Crippen molar-refractivity contribution < 1.29 is 17.9 Å². The molecule has 0 aromatic heterocycles. The lowest BCUT2D eigenvalue weighted by Crippen LogP contribution is -2.54. The number of ether oxygens (including phenoxy) is 1. The molecule has 218 valence electrons. The van der Waals surface area contributed by atoms with E-state index in [4.69, 9.17) is 4.74 Å². The lowest BCUT2D eigenvalue weighted by Gasteiger charge is -2.48. The van der Waals surface area contributed by atoms with Crippen molar-refractivity contribution >= 4 is 21.5 Å². The van der Waals surface area contributed by atoms with Gasteiger partial charge in [0.05, 0.1) is 21.6 Å². The second-order valence-corrected chi connectivity index (χ2v) is 14.8. The van der Waals surface area contributed by atoms with Gasteiger partial charge in [-0.3, -0.25) is 4.79 Å². The molecule has 2 saturated heterocycles. The van der Waals surface area contributed by atoms with E-state index in [1.165, 1.54) is 6.92 Å². The van der Waals surface area contributed by atoms with Crippen molar-refractivity contribution in [2.75, 3.05) is 37.6 Å². The summed E-state index contributed by atoms with van der Waals surface area (Å²) < 4.78 is 30.8. The smallest absolute Gasteiger partial charge is 0.302 e. The van der Waals surface area contributed by atoms with Gasteiger partial charge in [0.2, 0.25) is 0 Å². The number of likely N-dealkylation sites (tertiary alicyclic amines) is 1. The highest BCUT2D eigenvalue weighted by molar-refractivity contribution is 7.92. The molecule has 0 N–H and O–H groups in total. The van der Waals surface area contributed by atoms with E-state index in [1.54, 1.807) is 12.1 Å². The second-order valence-electron chi connectivity index (χ2n) is 12.6. The van der Waals surface area contributed by atoms with Crippen LogP contribution in [0.3, 0.4) is 0 Å². The summed E-state index contributed by atoms with van der Waals surface area (Å²) in [5.74, 6) is 0.557. The van der Waals surface area contributed by atoms with Gasteiger partial charge in [0.15, 0.2) is 9.84 Å². The zero-order valence-corrected chi connectivity index (χ0v) is 24.8. The molecule has 3 atom stereocenters. The number of sulfone groups is 1. The first-order chi connectivity index (χ1) is 19.8. The van der Waals surface area contributed by atoms with E-state index < -0.39 is 15.3 Å². The summed E-state index contributed by atoms with van der Waals surface area (Å²) in [6.07, 6.45) is 6.01. The molecule has 0 spiro atoms. The molecule has 1 unspecified atom stereocenters. The van der Waals surface area contributed by atoms with Crippen molar-refractivity contribution in [2.45, 2.75) is 73.5 Å². The van der Waals surface area contributed by atoms with Crippen LogP contribution in [0, 0.1) is 29.1 Å². The summed E-state index contributed by atoms with van der Waals surface area (Å²) in [6, 6.07) is 20.5. The topological polar surface area (TPSA) is 90.7 Å². The zero-order chi connectivity index (χ0) is 28.6. The van der Waals surface area contributed by atoms with Gasteiger partial charge in [0, 0.05) is 44.1 Å². The molecule has 2 saturated carbocycles. The predicted molar refractivity (Wildman–Crippen MR) is 158 cm³/mol. The number of anilines is 1. The second kappa shape index (κ2) is 11.4. The Morgan fingerprint density at radius 1 is 0.976 bits per heavy atom. The van der Waals surface area contributed by atoms with Gasteiger partial charge in [-0.2, -0.15) is 5.26 Å². The Labute approximate surface area is 244 Å². The average Bonchev–Trinajstić information content (AvgIpc) is 3.74.